The monoisotopic (exact) mass is 169 g/mol. The van der Waals surface area contributed by atoms with Crippen molar-refractivity contribution in [3.8, 4) is 0 Å². The van der Waals surface area contributed by atoms with E-state index in [1.54, 1.807) is 6.92 Å². The quantitative estimate of drug-likeness (QED) is 0.428. The number of rotatable bonds is 1. The van der Waals surface area contributed by atoms with E-state index in [9.17, 15) is 14.5 Å². The van der Waals surface area contributed by atoms with Crippen LogP contribution in [-0.4, -0.2) is 23.6 Å². The summed E-state index contributed by atoms with van der Waals surface area (Å²) < 4.78 is 0.443. The molecule has 0 fully saturated rings. The molecule has 0 aromatic carbocycles. The molecule has 5 nitrogen and oxygen atoms in total. The van der Waals surface area contributed by atoms with Crippen LogP contribution in [0.1, 0.15) is 6.92 Å². The van der Waals surface area contributed by atoms with E-state index in [4.69, 9.17) is 0 Å². The van der Waals surface area contributed by atoms with E-state index in [2.05, 4.69) is 5.32 Å². The van der Waals surface area contributed by atoms with Gasteiger partial charge in [-0.15, -0.1) is 0 Å². The maximum Gasteiger partial charge on any atom is 0.326 e. The Morgan fingerprint density at radius 2 is 2.08 bits per heavy atom. The van der Waals surface area contributed by atoms with Crippen LogP contribution in [0, 0.1) is 10.8 Å². The van der Waals surface area contributed by atoms with Crippen molar-refractivity contribution >= 4 is 11.8 Å². The van der Waals surface area contributed by atoms with Gasteiger partial charge in [-0.25, -0.2) is 0 Å². The summed E-state index contributed by atoms with van der Waals surface area (Å²) in [6.45, 7) is 1.62. The van der Waals surface area contributed by atoms with Crippen LogP contribution >= 0.6 is 0 Å². The number of hydrogen-bond donors (Lipinski definition) is 1. The van der Waals surface area contributed by atoms with Crippen molar-refractivity contribution < 1.29 is 14.3 Å². The fourth-order valence-electron chi connectivity index (χ4n) is 0.926. The van der Waals surface area contributed by atoms with E-state index in [1.165, 1.54) is 13.1 Å². The minimum absolute atomic E-state index is 0.0119. The van der Waals surface area contributed by atoms with Gasteiger partial charge in [-0.1, -0.05) is 0 Å². The predicted molar refractivity (Wildman–Crippen MR) is 39.9 cm³/mol. The lowest BCUT2D eigenvalue weighted by molar-refractivity contribution is -0.461. The number of carbonyl (C=O) groups is 2. The maximum absolute atomic E-state index is 10.9. The summed E-state index contributed by atoms with van der Waals surface area (Å²) in [6, 6.07) is 0. The van der Waals surface area contributed by atoms with Crippen molar-refractivity contribution in [3.05, 3.63) is 16.7 Å². The lowest BCUT2D eigenvalue weighted by Gasteiger charge is -2.10. The van der Waals surface area contributed by atoms with Crippen molar-refractivity contribution in [1.29, 1.82) is 0 Å². The first-order chi connectivity index (χ1) is 5.52. The smallest absolute Gasteiger partial charge is 0.286 e. The van der Waals surface area contributed by atoms with Gasteiger partial charge in [-0.3, -0.25) is 14.9 Å². The van der Waals surface area contributed by atoms with Crippen LogP contribution in [0.5, 0.6) is 0 Å². The zero-order valence-electron chi connectivity index (χ0n) is 6.83. The number of carbonyl (C=O) groups excluding carboxylic acids is 2. The summed E-state index contributed by atoms with van der Waals surface area (Å²) in [4.78, 5) is 32.6. The fourth-order valence-corrected chi connectivity index (χ4v) is 0.926. The van der Waals surface area contributed by atoms with Crippen LogP contribution in [0.15, 0.2) is 11.8 Å². The molecule has 2 amide bonds. The Morgan fingerprint density at radius 3 is 2.58 bits per heavy atom. The molecule has 1 unspecified atom stereocenters. The number of imide groups is 1. The van der Waals surface area contributed by atoms with Crippen LogP contribution in [-0.2, 0) is 9.59 Å². The van der Waals surface area contributed by atoms with Gasteiger partial charge in [0.2, 0.25) is 5.91 Å². The molecule has 0 aliphatic carbocycles. The summed E-state index contributed by atoms with van der Waals surface area (Å²) >= 11 is 0. The normalized spacial score (nSPS) is 23.2. The Labute approximate surface area is 69.0 Å². The minimum atomic E-state index is -0.629. The standard InChI is InChI=1S/C7H8N2O3/c1-4-3-5(9(2)12)7(11)8-6(4)10/h3-4H,1-2H3/p+1. The van der Waals surface area contributed by atoms with Gasteiger partial charge in [-0.2, -0.15) is 0 Å². The van der Waals surface area contributed by atoms with Crippen LogP contribution in [0.3, 0.4) is 0 Å². The fraction of sp³-hybridized carbons (Fsp3) is 0.429. The summed E-state index contributed by atoms with van der Waals surface area (Å²) in [5.41, 5.74) is -0.0119. The molecule has 64 valence electrons. The second kappa shape index (κ2) is 2.84. The van der Waals surface area contributed by atoms with Crippen molar-refractivity contribution in [3.63, 3.8) is 0 Å². The molecule has 0 radical (unpaired) electrons. The predicted octanol–water partition coefficient (Wildman–Crippen LogP) is -0.429. The Balaban J connectivity index is 3.01. The molecule has 1 N–H and O–H groups in total. The van der Waals surface area contributed by atoms with E-state index in [-0.39, 0.29) is 11.6 Å². The van der Waals surface area contributed by atoms with Gasteiger partial charge in [0.1, 0.15) is 0 Å². The third-order valence-corrected chi connectivity index (χ3v) is 1.63. The largest absolute Gasteiger partial charge is 0.326 e. The molecular formula is C7H9N2O3+. The molecule has 0 saturated heterocycles. The molecule has 0 aromatic rings. The van der Waals surface area contributed by atoms with Crippen molar-refractivity contribution in [2.24, 2.45) is 5.92 Å². The van der Waals surface area contributed by atoms with Gasteiger partial charge in [0.25, 0.3) is 0 Å². The Hall–Kier alpha value is -1.52. The van der Waals surface area contributed by atoms with Crippen molar-refractivity contribution in [1.82, 2.24) is 5.32 Å². The highest BCUT2D eigenvalue weighted by atomic mass is 16.3. The van der Waals surface area contributed by atoms with E-state index in [0.29, 0.717) is 4.76 Å². The van der Waals surface area contributed by atoms with Gasteiger partial charge in [0.15, 0.2) is 7.05 Å². The Bertz CT molecular complexity index is 293. The first kappa shape index (κ1) is 8.58. The maximum atomic E-state index is 10.9. The van der Waals surface area contributed by atoms with Crippen LogP contribution in [0.25, 0.3) is 0 Å². The van der Waals surface area contributed by atoms with Gasteiger partial charge in [-0.05, 0) is 6.92 Å². The molecule has 0 bridgehead atoms. The van der Waals surface area contributed by atoms with Crippen LogP contribution < -0.4 is 5.32 Å². The zero-order chi connectivity index (χ0) is 9.30. The number of amides is 2. The number of nitrogens with one attached hydrogen (secondary N) is 1. The molecule has 1 heterocycles. The number of nitroso groups, excluding NO2 is 1. The SMILES string of the molecule is CC1C=C([N+](C)=O)C(=O)NC1=O. The Morgan fingerprint density at radius 1 is 1.50 bits per heavy atom. The summed E-state index contributed by atoms with van der Waals surface area (Å²) in [5.74, 6) is -1.42. The van der Waals surface area contributed by atoms with E-state index < -0.39 is 11.8 Å². The molecule has 1 atom stereocenters. The minimum Gasteiger partial charge on any atom is -0.286 e. The highest BCUT2D eigenvalue weighted by molar-refractivity contribution is 6.06. The summed E-state index contributed by atoms with van der Waals surface area (Å²) in [6.07, 6.45) is 1.36. The number of likely N-dealkylation sites (N-methyl/N-ethyl adjacent to an activating group) is 1. The second-order valence-electron chi connectivity index (χ2n) is 2.66. The molecule has 12 heavy (non-hydrogen) atoms. The van der Waals surface area contributed by atoms with Gasteiger partial charge < -0.3 is 0 Å². The molecule has 0 aromatic heterocycles. The highest BCUT2D eigenvalue weighted by Gasteiger charge is 2.32. The van der Waals surface area contributed by atoms with Gasteiger partial charge in [0.05, 0.1) is 5.92 Å². The topological polar surface area (TPSA) is 66.2 Å². The number of nitrogens with zero attached hydrogens (tertiary/aromatic N) is 1. The molecule has 1 aliphatic heterocycles. The average Bonchev–Trinajstić information content (AvgIpc) is 1.96. The van der Waals surface area contributed by atoms with Gasteiger partial charge in [0, 0.05) is 15.7 Å². The molecular weight excluding hydrogens is 160 g/mol. The van der Waals surface area contributed by atoms with Crippen LogP contribution in [0.2, 0.25) is 0 Å². The molecule has 1 rings (SSSR count). The van der Waals surface area contributed by atoms with E-state index >= 15 is 0 Å². The zero-order valence-corrected chi connectivity index (χ0v) is 6.83. The molecule has 5 heteroatoms. The number of hydrogen-bond acceptors (Lipinski definition) is 3. The third kappa shape index (κ3) is 1.39. The molecule has 0 spiro atoms. The van der Waals surface area contributed by atoms with Crippen molar-refractivity contribution in [2.75, 3.05) is 7.05 Å². The van der Waals surface area contributed by atoms with Crippen molar-refractivity contribution in [2.45, 2.75) is 6.92 Å². The summed E-state index contributed by atoms with van der Waals surface area (Å²) in [7, 11) is 1.22. The lowest BCUT2D eigenvalue weighted by atomic mass is 10.1. The second-order valence-corrected chi connectivity index (χ2v) is 2.66. The van der Waals surface area contributed by atoms with Crippen LogP contribution in [0.4, 0.5) is 0 Å². The molecule has 1 aliphatic rings. The van der Waals surface area contributed by atoms with E-state index in [0.717, 1.165) is 0 Å². The lowest BCUT2D eigenvalue weighted by Crippen LogP contribution is -2.41. The first-order valence-corrected chi connectivity index (χ1v) is 3.50. The Kier molecular flexibility index (Phi) is 2.03. The average molecular weight is 169 g/mol. The van der Waals surface area contributed by atoms with E-state index in [1.807, 2.05) is 0 Å². The third-order valence-electron chi connectivity index (χ3n) is 1.63. The first-order valence-electron chi connectivity index (χ1n) is 3.50. The molecule has 0 saturated carbocycles. The van der Waals surface area contributed by atoms with Gasteiger partial charge >= 0.3 is 11.6 Å². The summed E-state index contributed by atoms with van der Waals surface area (Å²) in [5, 5.41) is 2.07. The highest BCUT2D eigenvalue weighted by Crippen LogP contribution is 2.09.